The van der Waals surface area contributed by atoms with Crippen molar-refractivity contribution < 1.29 is 36.7 Å². The molecule has 2 atom stereocenters. The van der Waals surface area contributed by atoms with Crippen LogP contribution >= 0.6 is 0 Å². The van der Waals surface area contributed by atoms with Gasteiger partial charge in [0.25, 0.3) is 5.91 Å². The Balaban J connectivity index is 1.64. The summed E-state index contributed by atoms with van der Waals surface area (Å²) in [4.78, 5) is 36.6. The third-order valence-corrected chi connectivity index (χ3v) is 7.34. The second kappa shape index (κ2) is 11.4. The van der Waals surface area contributed by atoms with Gasteiger partial charge in [0, 0.05) is 23.9 Å². The Morgan fingerprint density at radius 1 is 1.10 bits per heavy atom. The van der Waals surface area contributed by atoms with Gasteiger partial charge in [0.15, 0.2) is 11.5 Å². The van der Waals surface area contributed by atoms with E-state index in [1.54, 1.807) is 6.07 Å². The quantitative estimate of drug-likeness (QED) is 0.285. The molecule has 0 radical (unpaired) electrons. The monoisotopic (exact) mass is 582 g/mol. The molecule has 2 N–H and O–H groups in total. The van der Waals surface area contributed by atoms with Gasteiger partial charge in [-0.2, -0.15) is 13.2 Å². The SMILES string of the molecule is CCCC(N)c1oc(-c2ccc(OC)c3nc(C(F)(F)F)ccc23)nc1C(=O)N1Cc2ccccc2CC1C(=O)OC. The Morgan fingerprint density at radius 3 is 2.50 bits per heavy atom. The molecule has 2 aromatic carbocycles. The zero-order valence-electron chi connectivity index (χ0n) is 23.2. The third kappa shape index (κ3) is 5.29. The van der Waals surface area contributed by atoms with E-state index >= 15 is 0 Å². The minimum Gasteiger partial charge on any atom is -0.494 e. The van der Waals surface area contributed by atoms with Crippen LogP contribution in [0.2, 0.25) is 0 Å². The fourth-order valence-electron chi connectivity index (χ4n) is 5.21. The summed E-state index contributed by atoms with van der Waals surface area (Å²) >= 11 is 0. The number of methoxy groups -OCH3 is 2. The first kappa shape index (κ1) is 29.1. The van der Waals surface area contributed by atoms with Gasteiger partial charge in [-0.25, -0.2) is 14.8 Å². The van der Waals surface area contributed by atoms with Gasteiger partial charge in [0.2, 0.25) is 5.89 Å². The van der Waals surface area contributed by atoms with Crippen molar-refractivity contribution in [1.82, 2.24) is 14.9 Å². The number of esters is 1. The van der Waals surface area contributed by atoms with Crippen LogP contribution in [0.1, 0.15) is 58.9 Å². The van der Waals surface area contributed by atoms with Crippen molar-refractivity contribution in [1.29, 1.82) is 0 Å². The molecule has 0 aliphatic carbocycles. The molecule has 2 aromatic heterocycles. The zero-order valence-corrected chi connectivity index (χ0v) is 23.2. The molecule has 12 heteroatoms. The summed E-state index contributed by atoms with van der Waals surface area (Å²) in [6.07, 6.45) is -3.26. The van der Waals surface area contributed by atoms with E-state index in [4.69, 9.17) is 19.6 Å². The van der Waals surface area contributed by atoms with Crippen LogP contribution in [0.5, 0.6) is 5.75 Å². The largest absolute Gasteiger partial charge is 0.494 e. The smallest absolute Gasteiger partial charge is 0.433 e. The number of benzene rings is 2. The van der Waals surface area contributed by atoms with Crippen LogP contribution in [0.25, 0.3) is 22.4 Å². The molecule has 9 nitrogen and oxygen atoms in total. The second-order valence-corrected chi connectivity index (χ2v) is 9.98. The predicted octanol–water partition coefficient (Wildman–Crippen LogP) is 5.46. The molecule has 4 aromatic rings. The Labute approximate surface area is 239 Å². The van der Waals surface area contributed by atoms with Gasteiger partial charge < -0.3 is 24.5 Å². The van der Waals surface area contributed by atoms with E-state index in [1.165, 1.54) is 31.3 Å². The van der Waals surface area contributed by atoms with E-state index in [1.807, 2.05) is 31.2 Å². The Morgan fingerprint density at radius 2 is 1.83 bits per heavy atom. The number of alkyl halides is 3. The molecule has 3 heterocycles. The number of nitrogens with two attached hydrogens (primary N) is 1. The third-order valence-electron chi connectivity index (χ3n) is 7.34. The Kier molecular flexibility index (Phi) is 7.91. The molecule has 0 spiro atoms. The highest BCUT2D eigenvalue weighted by Gasteiger charge is 2.39. The maximum Gasteiger partial charge on any atom is 0.433 e. The van der Waals surface area contributed by atoms with Crippen LogP contribution in [-0.4, -0.2) is 47.0 Å². The molecule has 0 bridgehead atoms. The summed E-state index contributed by atoms with van der Waals surface area (Å²) in [7, 11) is 2.59. The molecular weight excluding hydrogens is 553 g/mol. The molecule has 220 valence electrons. The van der Waals surface area contributed by atoms with Crippen LogP contribution in [0.4, 0.5) is 13.2 Å². The van der Waals surface area contributed by atoms with Gasteiger partial charge in [0.05, 0.1) is 20.3 Å². The highest BCUT2D eigenvalue weighted by atomic mass is 19.4. The first-order chi connectivity index (χ1) is 20.1. The average Bonchev–Trinajstić information content (AvgIpc) is 3.44. The topological polar surface area (TPSA) is 121 Å². The lowest BCUT2D eigenvalue weighted by Crippen LogP contribution is -2.49. The number of oxazole rings is 1. The summed E-state index contributed by atoms with van der Waals surface area (Å²) < 4.78 is 56.7. The molecule has 0 fully saturated rings. The maximum absolute atomic E-state index is 14.1. The van der Waals surface area contributed by atoms with E-state index in [0.29, 0.717) is 18.4 Å². The summed E-state index contributed by atoms with van der Waals surface area (Å²) in [6, 6.07) is 11.0. The van der Waals surface area contributed by atoms with Gasteiger partial charge in [0.1, 0.15) is 23.0 Å². The number of amides is 1. The lowest BCUT2D eigenvalue weighted by atomic mass is 9.93. The molecule has 1 aliphatic rings. The molecule has 1 amide bonds. The van der Waals surface area contributed by atoms with Crippen molar-refractivity contribution in [2.75, 3.05) is 14.2 Å². The van der Waals surface area contributed by atoms with E-state index in [-0.39, 0.29) is 47.0 Å². The van der Waals surface area contributed by atoms with Crippen LogP contribution in [-0.2, 0) is 28.7 Å². The number of rotatable bonds is 7. The lowest BCUT2D eigenvalue weighted by molar-refractivity contribution is -0.146. The minimum atomic E-state index is -4.67. The fraction of sp³-hybridized carbons (Fsp3) is 0.333. The number of hydrogen-bond donors (Lipinski definition) is 1. The summed E-state index contributed by atoms with van der Waals surface area (Å²) in [5.74, 6) is -0.941. The van der Waals surface area contributed by atoms with Gasteiger partial charge in [-0.15, -0.1) is 0 Å². The van der Waals surface area contributed by atoms with Crippen molar-refractivity contribution >= 4 is 22.8 Å². The number of carbonyl (C=O) groups excluding carboxylic acids is 2. The van der Waals surface area contributed by atoms with Crippen LogP contribution in [0.15, 0.2) is 52.9 Å². The highest BCUT2D eigenvalue weighted by molar-refractivity contribution is 5.99. The number of hydrogen-bond acceptors (Lipinski definition) is 8. The van der Waals surface area contributed by atoms with Gasteiger partial charge in [-0.3, -0.25) is 4.79 Å². The normalized spacial score (nSPS) is 15.8. The number of pyridine rings is 1. The van der Waals surface area contributed by atoms with Crippen LogP contribution < -0.4 is 10.5 Å². The number of aromatic nitrogens is 2. The fourth-order valence-corrected chi connectivity index (χ4v) is 5.21. The Bertz CT molecular complexity index is 1650. The van der Waals surface area contributed by atoms with E-state index in [9.17, 15) is 22.8 Å². The second-order valence-electron chi connectivity index (χ2n) is 9.98. The molecule has 0 saturated heterocycles. The van der Waals surface area contributed by atoms with Gasteiger partial charge in [-0.05, 0) is 41.8 Å². The van der Waals surface area contributed by atoms with E-state index < -0.39 is 35.8 Å². The predicted molar refractivity (Wildman–Crippen MR) is 146 cm³/mol. The minimum absolute atomic E-state index is 0.0267. The van der Waals surface area contributed by atoms with E-state index in [2.05, 4.69) is 9.97 Å². The summed E-state index contributed by atoms with van der Waals surface area (Å²) in [6.45, 7) is 2.06. The number of ether oxygens (including phenoxy) is 2. The summed E-state index contributed by atoms with van der Waals surface area (Å²) in [5, 5.41) is 0.276. The zero-order chi connectivity index (χ0) is 30.2. The molecule has 2 unspecified atom stereocenters. The van der Waals surface area contributed by atoms with Gasteiger partial charge in [-0.1, -0.05) is 37.6 Å². The number of carbonyl (C=O) groups is 2. The van der Waals surface area contributed by atoms with Crippen molar-refractivity contribution in [3.8, 4) is 17.2 Å². The standard InChI is InChI=1S/C30H29F3N4O5/c1-4-7-20(34)26-25(28(38)37-15-17-9-6-5-8-16(17)14-21(37)29(39)41-3)36-27(42-26)19-10-12-22(40-2)24-18(19)11-13-23(35-24)30(31,32)33/h5-6,8-13,20-21H,4,7,14-15,34H2,1-3H3. The molecule has 42 heavy (non-hydrogen) atoms. The molecule has 5 rings (SSSR count). The van der Waals surface area contributed by atoms with Crippen molar-refractivity contribution in [2.45, 2.75) is 51.0 Å². The van der Waals surface area contributed by atoms with Crippen molar-refractivity contribution in [2.24, 2.45) is 5.73 Å². The molecule has 1 aliphatic heterocycles. The average molecular weight is 583 g/mol. The van der Waals surface area contributed by atoms with Crippen molar-refractivity contribution in [3.05, 3.63) is 76.8 Å². The molecule has 0 saturated carbocycles. The number of nitrogens with zero attached hydrogens (tertiary/aromatic N) is 3. The first-order valence-corrected chi connectivity index (χ1v) is 13.3. The maximum atomic E-state index is 14.1. The molecular formula is C30H29F3N4O5. The van der Waals surface area contributed by atoms with Crippen LogP contribution in [0, 0.1) is 0 Å². The number of halogens is 3. The number of fused-ring (bicyclic) bond motifs is 2. The van der Waals surface area contributed by atoms with Crippen LogP contribution in [0.3, 0.4) is 0 Å². The Hall–Kier alpha value is -4.45. The van der Waals surface area contributed by atoms with E-state index in [0.717, 1.165) is 17.2 Å². The lowest BCUT2D eigenvalue weighted by Gasteiger charge is -2.34. The highest BCUT2D eigenvalue weighted by Crippen LogP contribution is 2.38. The first-order valence-electron chi connectivity index (χ1n) is 13.3. The van der Waals surface area contributed by atoms with Gasteiger partial charge >= 0.3 is 12.1 Å². The van der Waals surface area contributed by atoms with Crippen molar-refractivity contribution in [3.63, 3.8) is 0 Å². The summed E-state index contributed by atoms with van der Waals surface area (Å²) in [5.41, 5.74) is 7.32.